The van der Waals surface area contributed by atoms with Crippen LogP contribution in [-0.2, 0) is 0 Å². The van der Waals surface area contributed by atoms with Gasteiger partial charge in [0.05, 0.1) is 11.6 Å². The maximum atomic E-state index is 13.0. The molecule has 80 valence electrons. The average Bonchev–Trinajstić information content (AvgIpc) is 2.16. The van der Waals surface area contributed by atoms with Crippen LogP contribution in [0.4, 0.5) is 17.6 Å². The molecule has 6 heteroatoms. The van der Waals surface area contributed by atoms with Gasteiger partial charge in [0.1, 0.15) is 11.9 Å². The van der Waals surface area contributed by atoms with Crippen molar-refractivity contribution in [2.75, 3.05) is 0 Å². The Bertz CT molecular complexity index is 406. The standard InChI is InChI=1S/C9H6F4N2/c10-7-2-1-5(4-14)3-6(7)8(15)9(11,12)13/h1-3,8H,15H2/t8-/m0/s1. The Morgan fingerprint density at radius 3 is 2.40 bits per heavy atom. The lowest BCUT2D eigenvalue weighted by molar-refractivity contribution is -0.149. The molecular weight excluding hydrogens is 212 g/mol. The van der Waals surface area contributed by atoms with E-state index in [4.69, 9.17) is 11.0 Å². The van der Waals surface area contributed by atoms with Gasteiger partial charge in [-0.05, 0) is 18.2 Å². The predicted octanol–water partition coefficient (Wildman–Crippen LogP) is 2.26. The first-order chi connectivity index (χ1) is 6.86. The van der Waals surface area contributed by atoms with Gasteiger partial charge < -0.3 is 5.73 Å². The van der Waals surface area contributed by atoms with E-state index < -0.39 is 23.6 Å². The zero-order valence-corrected chi connectivity index (χ0v) is 7.35. The first-order valence-electron chi connectivity index (χ1n) is 3.88. The van der Waals surface area contributed by atoms with Crippen LogP contribution in [-0.4, -0.2) is 6.18 Å². The molecule has 0 saturated heterocycles. The van der Waals surface area contributed by atoms with E-state index in [2.05, 4.69) is 0 Å². The molecule has 0 unspecified atom stereocenters. The quantitative estimate of drug-likeness (QED) is 0.735. The molecule has 0 amide bonds. The molecule has 1 rings (SSSR count). The highest BCUT2D eigenvalue weighted by molar-refractivity contribution is 5.35. The summed E-state index contributed by atoms with van der Waals surface area (Å²) in [5, 5.41) is 8.44. The molecule has 0 bridgehead atoms. The second-order valence-corrected chi connectivity index (χ2v) is 2.87. The number of hydrogen-bond donors (Lipinski definition) is 1. The monoisotopic (exact) mass is 218 g/mol. The van der Waals surface area contributed by atoms with E-state index >= 15 is 0 Å². The van der Waals surface area contributed by atoms with Gasteiger partial charge in [0.25, 0.3) is 0 Å². The van der Waals surface area contributed by atoms with Crippen LogP contribution < -0.4 is 5.73 Å². The Balaban J connectivity index is 3.20. The molecule has 0 radical (unpaired) electrons. The lowest BCUT2D eigenvalue weighted by atomic mass is 10.0. The minimum Gasteiger partial charge on any atom is -0.316 e. The zero-order chi connectivity index (χ0) is 11.6. The van der Waals surface area contributed by atoms with Gasteiger partial charge in [-0.2, -0.15) is 18.4 Å². The van der Waals surface area contributed by atoms with Crippen LogP contribution in [0.3, 0.4) is 0 Å². The molecule has 0 heterocycles. The van der Waals surface area contributed by atoms with E-state index in [1.165, 1.54) is 0 Å². The number of halogens is 4. The van der Waals surface area contributed by atoms with Crippen LogP contribution in [0.2, 0.25) is 0 Å². The van der Waals surface area contributed by atoms with Crippen LogP contribution in [0.1, 0.15) is 17.2 Å². The summed E-state index contributed by atoms with van der Waals surface area (Å²) in [5.41, 5.74) is 4.04. The minimum atomic E-state index is -4.73. The summed E-state index contributed by atoms with van der Waals surface area (Å²) >= 11 is 0. The summed E-state index contributed by atoms with van der Waals surface area (Å²) in [7, 11) is 0. The second kappa shape index (κ2) is 3.87. The molecule has 1 aromatic rings. The van der Waals surface area contributed by atoms with Crippen LogP contribution in [0.15, 0.2) is 18.2 Å². The maximum Gasteiger partial charge on any atom is 0.407 e. The molecule has 2 N–H and O–H groups in total. The first-order valence-corrected chi connectivity index (χ1v) is 3.88. The number of rotatable bonds is 1. The van der Waals surface area contributed by atoms with Gasteiger partial charge in [0.2, 0.25) is 0 Å². The summed E-state index contributed by atoms with van der Waals surface area (Å²) in [6, 6.07) is 1.88. The van der Waals surface area contributed by atoms with Crippen molar-refractivity contribution in [3.63, 3.8) is 0 Å². The SMILES string of the molecule is N#Cc1ccc(F)c([C@H](N)C(F)(F)F)c1. The van der Waals surface area contributed by atoms with Crippen LogP contribution in [0.25, 0.3) is 0 Å². The van der Waals surface area contributed by atoms with E-state index in [0.29, 0.717) is 0 Å². The summed E-state index contributed by atoms with van der Waals surface area (Å²) in [5.74, 6) is -1.07. The van der Waals surface area contributed by atoms with E-state index in [-0.39, 0.29) is 5.56 Å². The molecule has 0 aliphatic carbocycles. The van der Waals surface area contributed by atoms with Crippen molar-refractivity contribution in [1.29, 1.82) is 5.26 Å². The Hall–Kier alpha value is -1.61. The Morgan fingerprint density at radius 2 is 1.93 bits per heavy atom. The number of nitriles is 1. The van der Waals surface area contributed by atoms with Crippen molar-refractivity contribution in [2.24, 2.45) is 5.73 Å². The fourth-order valence-electron chi connectivity index (χ4n) is 1.03. The fourth-order valence-corrected chi connectivity index (χ4v) is 1.03. The Morgan fingerprint density at radius 1 is 1.33 bits per heavy atom. The molecule has 0 aliphatic rings. The third-order valence-corrected chi connectivity index (χ3v) is 1.81. The number of alkyl halides is 3. The summed E-state index contributed by atoms with van der Waals surface area (Å²) in [6.07, 6.45) is -4.73. The summed E-state index contributed by atoms with van der Waals surface area (Å²) in [6.45, 7) is 0. The van der Waals surface area contributed by atoms with E-state index in [9.17, 15) is 17.6 Å². The zero-order valence-electron chi connectivity index (χ0n) is 7.35. The third-order valence-electron chi connectivity index (χ3n) is 1.81. The van der Waals surface area contributed by atoms with Crippen LogP contribution in [0, 0.1) is 17.1 Å². The lowest BCUT2D eigenvalue weighted by Crippen LogP contribution is -2.29. The first kappa shape index (κ1) is 11.5. The largest absolute Gasteiger partial charge is 0.407 e. The van der Waals surface area contributed by atoms with Crippen molar-refractivity contribution >= 4 is 0 Å². The van der Waals surface area contributed by atoms with Crippen molar-refractivity contribution in [1.82, 2.24) is 0 Å². The minimum absolute atomic E-state index is 0.0638. The molecule has 1 aromatic carbocycles. The van der Waals surface area contributed by atoms with Crippen molar-refractivity contribution in [3.05, 3.63) is 35.1 Å². The topological polar surface area (TPSA) is 49.8 Å². The molecule has 15 heavy (non-hydrogen) atoms. The normalized spacial score (nSPS) is 13.3. The van der Waals surface area contributed by atoms with Gasteiger partial charge in [-0.3, -0.25) is 0 Å². The molecule has 0 saturated carbocycles. The van der Waals surface area contributed by atoms with Crippen LogP contribution >= 0.6 is 0 Å². The van der Waals surface area contributed by atoms with Crippen molar-refractivity contribution in [2.45, 2.75) is 12.2 Å². The van der Waals surface area contributed by atoms with E-state index in [1.54, 1.807) is 6.07 Å². The highest BCUT2D eigenvalue weighted by Crippen LogP contribution is 2.32. The van der Waals surface area contributed by atoms with Crippen molar-refractivity contribution < 1.29 is 17.6 Å². The number of nitrogens with zero attached hydrogens (tertiary/aromatic N) is 1. The number of benzene rings is 1. The van der Waals surface area contributed by atoms with Gasteiger partial charge in [0, 0.05) is 5.56 Å². The Labute approximate surface area is 82.9 Å². The molecule has 0 aromatic heterocycles. The van der Waals surface area contributed by atoms with Gasteiger partial charge in [-0.15, -0.1) is 0 Å². The van der Waals surface area contributed by atoms with Gasteiger partial charge >= 0.3 is 6.18 Å². The fraction of sp³-hybridized carbons (Fsp3) is 0.222. The van der Waals surface area contributed by atoms with Crippen molar-refractivity contribution in [3.8, 4) is 6.07 Å². The summed E-state index contributed by atoms with van der Waals surface area (Å²) in [4.78, 5) is 0. The van der Waals surface area contributed by atoms with E-state index in [0.717, 1.165) is 18.2 Å². The van der Waals surface area contributed by atoms with Gasteiger partial charge in [-0.25, -0.2) is 4.39 Å². The van der Waals surface area contributed by atoms with Crippen LogP contribution in [0.5, 0.6) is 0 Å². The highest BCUT2D eigenvalue weighted by atomic mass is 19.4. The van der Waals surface area contributed by atoms with E-state index in [1.807, 2.05) is 0 Å². The Kier molecular flexibility index (Phi) is 2.95. The molecular formula is C9H6F4N2. The molecule has 0 fully saturated rings. The molecule has 2 nitrogen and oxygen atoms in total. The summed E-state index contributed by atoms with van der Waals surface area (Å²) < 4.78 is 49.5. The van der Waals surface area contributed by atoms with Gasteiger partial charge in [0.15, 0.2) is 0 Å². The molecule has 0 aliphatic heterocycles. The predicted molar refractivity (Wildman–Crippen MR) is 44.1 cm³/mol. The maximum absolute atomic E-state index is 13.0. The number of nitrogens with two attached hydrogens (primary N) is 1. The second-order valence-electron chi connectivity index (χ2n) is 2.87. The average molecular weight is 218 g/mol. The van der Waals surface area contributed by atoms with Gasteiger partial charge in [-0.1, -0.05) is 0 Å². The molecule has 1 atom stereocenters. The highest BCUT2D eigenvalue weighted by Gasteiger charge is 2.39. The lowest BCUT2D eigenvalue weighted by Gasteiger charge is -2.16. The smallest absolute Gasteiger partial charge is 0.316 e. The number of hydrogen-bond acceptors (Lipinski definition) is 2. The molecule has 0 spiro atoms. The third kappa shape index (κ3) is 2.44.